The van der Waals surface area contributed by atoms with Crippen molar-refractivity contribution in [1.82, 2.24) is 4.98 Å². The molecule has 1 saturated carbocycles. The molecule has 2 aromatic carbocycles. The van der Waals surface area contributed by atoms with Gasteiger partial charge >= 0.3 is 0 Å². The standard InChI is InChI=1S/C26H28N2O4S/c1-31-25-12-9-21(18-26(25)32-23-5-3-4-6-23)24(17-19-13-15-27-16-14-19)20-7-10-22(11-8-20)28-33(2,29)30/h7-18,23,28H,3-6H2,1-2H3/b24-17+. The zero-order valence-corrected chi connectivity index (χ0v) is 19.6. The predicted octanol–water partition coefficient (Wildman–Crippen LogP) is 5.37. The average Bonchev–Trinajstić information content (AvgIpc) is 3.31. The monoisotopic (exact) mass is 464 g/mol. The van der Waals surface area contributed by atoms with Gasteiger partial charge in [0.2, 0.25) is 10.0 Å². The molecule has 1 aliphatic carbocycles. The van der Waals surface area contributed by atoms with E-state index in [1.165, 1.54) is 12.8 Å². The topological polar surface area (TPSA) is 77.5 Å². The number of nitrogens with zero attached hydrogens (tertiary/aromatic N) is 1. The van der Waals surface area contributed by atoms with Crippen molar-refractivity contribution in [2.45, 2.75) is 31.8 Å². The highest BCUT2D eigenvalue weighted by molar-refractivity contribution is 7.92. The molecule has 1 fully saturated rings. The first-order chi connectivity index (χ1) is 15.9. The van der Waals surface area contributed by atoms with Crippen molar-refractivity contribution in [3.05, 3.63) is 83.7 Å². The summed E-state index contributed by atoms with van der Waals surface area (Å²) in [6, 6.07) is 17.2. The zero-order valence-electron chi connectivity index (χ0n) is 18.8. The molecule has 1 N–H and O–H groups in total. The number of benzene rings is 2. The molecule has 1 aliphatic rings. The maximum atomic E-state index is 11.6. The molecule has 6 nitrogen and oxygen atoms in total. The molecule has 0 bridgehead atoms. The van der Waals surface area contributed by atoms with Crippen molar-refractivity contribution in [2.24, 2.45) is 0 Å². The second-order valence-electron chi connectivity index (χ2n) is 8.18. The van der Waals surface area contributed by atoms with E-state index in [-0.39, 0.29) is 6.10 Å². The lowest BCUT2D eigenvalue weighted by Gasteiger charge is -2.18. The Labute approximate surface area is 195 Å². The molecule has 3 aromatic rings. The molecule has 0 unspecified atom stereocenters. The van der Waals surface area contributed by atoms with Crippen LogP contribution in [0.4, 0.5) is 5.69 Å². The second kappa shape index (κ2) is 10.1. The van der Waals surface area contributed by atoms with Gasteiger partial charge in [0.05, 0.1) is 19.5 Å². The van der Waals surface area contributed by atoms with Gasteiger partial charge in [-0.1, -0.05) is 18.2 Å². The van der Waals surface area contributed by atoms with Crippen molar-refractivity contribution in [2.75, 3.05) is 18.1 Å². The van der Waals surface area contributed by atoms with Crippen molar-refractivity contribution >= 4 is 27.4 Å². The number of ether oxygens (including phenoxy) is 2. The summed E-state index contributed by atoms with van der Waals surface area (Å²) >= 11 is 0. The van der Waals surface area contributed by atoms with Crippen LogP contribution in [0.2, 0.25) is 0 Å². The third-order valence-electron chi connectivity index (χ3n) is 5.59. The smallest absolute Gasteiger partial charge is 0.229 e. The summed E-state index contributed by atoms with van der Waals surface area (Å²) in [7, 11) is -1.69. The van der Waals surface area contributed by atoms with Gasteiger partial charge in [-0.3, -0.25) is 9.71 Å². The lowest BCUT2D eigenvalue weighted by molar-refractivity contribution is 0.201. The number of sulfonamides is 1. The number of hydrogen-bond acceptors (Lipinski definition) is 5. The predicted molar refractivity (Wildman–Crippen MR) is 132 cm³/mol. The van der Waals surface area contributed by atoms with Gasteiger partial charge in [0.1, 0.15) is 0 Å². The molecule has 7 heteroatoms. The quantitative estimate of drug-likeness (QED) is 0.485. The van der Waals surface area contributed by atoms with E-state index in [1.54, 1.807) is 31.6 Å². The van der Waals surface area contributed by atoms with Crippen LogP contribution in [0.15, 0.2) is 67.0 Å². The Balaban J connectivity index is 1.74. The first-order valence-electron chi connectivity index (χ1n) is 11.0. The molecule has 0 radical (unpaired) electrons. The molecule has 1 heterocycles. The maximum absolute atomic E-state index is 11.6. The van der Waals surface area contributed by atoms with Crippen LogP contribution in [0.1, 0.15) is 42.4 Å². The van der Waals surface area contributed by atoms with Crippen LogP contribution in [0.5, 0.6) is 11.5 Å². The van der Waals surface area contributed by atoms with E-state index in [1.807, 2.05) is 42.5 Å². The summed E-state index contributed by atoms with van der Waals surface area (Å²) in [6.45, 7) is 0. The van der Waals surface area contributed by atoms with Gasteiger partial charge in [-0.25, -0.2) is 8.42 Å². The lowest BCUT2D eigenvalue weighted by Crippen LogP contribution is -2.11. The minimum absolute atomic E-state index is 0.211. The summed E-state index contributed by atoms with van der Waals surface area (Å²) < 4.78 is 37.5. The molecule has 0 saturated heterocycles. The largest absolute Gasteiger partial charge is 0.493 e. The Morgan fingerprint density at radius 3 is 2.27 bits per heavy atom. The van der Waals surface area contributed by atoms with Crippen LogP contribution in [-0.4, -0.2) is 32.9 Å². The molecular formula is C26H28N2O4S. The molecule has 172 valence electrons. The maximum Gasteiger partial charge on any atom is 0.229 e. The number of nitrogens with one attached hydrogen (secondary N) is 1. The van der Waals surface area contributed by atoms with Crippen molar-refractivity contribution < 1.29 is 17.9 Å². The normalized spacial score (nSPS) is 14.8. The summed E-state index contributed by atoms with van der Waals surface area (Å²) in [5.41, 5.74) is 4.43. The third kappa shape index (κ3) is 6.14. The van der Waals surface area contributed by atoms with Gasteiger partial charge in [0, 0.05) is 18.1 Å². The SMILES string of the molecule is COc1ccc(/C(=C/c2ccncc2)c2ccc(NS(C)(=O)=O)cc2)cc1OC1CCCC1. The highest BCUT2D eigenvalue weighted by Gasteiger charge is 2.19. The number of hydrogen-bond donors (Lipinski definition) is 1. The van der Waals surface area contributed by atoms with Crippen LogP contribution >= 0.6 is 0 Å². The minimum Gasteiger partial charge on any atom is -0.493 e. The summed E-state index contributed by atoms with van der Waals surface area (Å²) in [5, 5.41) is 0. The summed E-state index contributed by atoms with van der Waals surface area (Å²) in [6.07, 6.45) is 11.4. The van der Waals surface area contributed by atoms with Gasteiger partial charge in [0.15, 0.2) is 11.5 Å². The van der Waals surface area contributed by atoms with E-state index in [9.17, 15) is 8.42 Å². The van der Waals surface area contributed by atoms with Crippen molar-refractivity contribution in [3.8, 4) is 11.5 Å². The van der Waals surface area contributed by atoms with E-state index in [4.69, 9.17) is 9.47 Å². The van der Waals surface area contributed by atoms with Crippen LogP contribution in [-0.2, 0) is 10.0 Å². The van der Waals surface area contributed by atoms with E-state index in [0.29, 0.717) is 11.4 Å². The molecule has 0 aliphatic heterocycles. The summed E-state index contributed by atoms with van der Waals surface area (Å²) in [4.78, 5) is 4.11. The van der Waals surface area contributed by atoms with E-state index in [0.717, 1.165) is 47.1 Å². The first kappa shape index (κ1) is 22.9. The Bertz CT molecular complexity index is 1220. The van der Waals surface area contributed by atoms with Gasteiger partial charge < -0.3 is 9.47 Å². The number of aromatic nitrogens is 1. The van der Waals surface area contributed by atoms with Gasteiger partial charge in [-0.05, 0) is 90.4 Å². The minimum atomic E-state index is -3.34. The van der Waals surface area contributed by atoms with E-state index < -0.39 is 10.0 Å². The number of pyridine rings is 1. The van der Waals surface area contributed by atoms with E-state index in [2.05, 4.69) is 15.8 Å². The van der Waals surface area contributed by atoms with Gasteiger partial charge in [0.25, 0.3) is 0 Å². The van der Waals surface area contributed by atoms with Crippen LogP contribution in [0.3, 0.4) is 0 Å². The van der Waals surface area contributed by atoms with Crippen LogP contribution in [0.25, 0.3) is 11.6 Å². The molecule has 33 heavy (non-hydrogen) atoms. The molecule has 4 rings (SSSR count). The number of methoxy groups -OCH3 is 1. The average molecular weight is 465 g/mol. The van der Waals surface area contributed by atoms with Crippen molar-refractivity contribution in [3.63, 3.8) is 0 Å². The Morgan fingerprint density at radius 1 is 0.970 bits per heavy atom. The Morgan fingerprint density at radius 2 is 1.64 bits per heavy atom. The fourth-order valence-electron chi connectivity index (χ4n) is 4.01. The molecule has 1 aromatic heterocycles. The van der Waals surface area contributed by atoms with Gasteiger partial charge in [-0.2, -0.15) is 0 Å². The van der Waals surface area contributed by atoms with Crippen molar-refractivity contribution in [1.29, 1.82) is 0 Å². The highest BCUT2D eigenvalue weighted by atomic mass is 32.2. The first-order valence-corrected chi connectivity index (χ1v) is 12.9. The van der Waals surface area contributed by atoms with Gasteiger partial charge in [-0.15, -0.1) is 0 Å². The molecular weight excluding hydrogens is 436 g/mol. The number of anilines is 1. The van der Waals surface area contributed by atoms with E-state index >= 15 is 0 Å². The summed E-state index contributed by atoms with van der Waals surface area (Å²) in [5.74, 6) is 1.44. The lowest BCUT2D eigenvalue weighted by atomic mass is 9.95. The Kier molecular flexibility index (Phi) is 6.99. The Hall–Kier alpha value is -3.32. The number of rotatable bonds is 8. The zero-order chi connectivity index (χ0) is 23.3. The highest BCUT2D eigenvalue weighted by Crippen LogP contribution is 2.36. The van der Waals surface area contributed by atoms with Crippen LogP contribution < -0.4 is 14.2 Å². The fourth-order valence-corrected chi connectivity index (χ4v) is 4.58. The third-order valence-corrected chi connectivity index (χ3v) is 6.19. The molecule has 0 atom stereocenters. The molecule has 0 spiro atoms. The molecule has 0 amide bonds. The fraction of sp³-hybridized carbons (Fsp3) is 0.269. The second-order valence-corrected chi connectivity index (χ2v) is 9.93. The van der Waals surface area contributed by atoms with Crippen LogP contribution in [0, 0.1) is 0 Å².